The molecule has 9 nitrogen and oxygen atoms in total. The van der Waals surface area contributed by atoms with Gasteiger partial charge in [0.2, 0.25) is 5.95 Å². The van der Waals surface area contributed by atoms with Crippen LogP contribution in [-0.4, -0.2) is 68.2 Å². The molecule has 10 heteroatoms. The Morgan fingerprint density at radius 1 is 1.32 bits per heavy atom. The third-order valence-corrected chi connectivity index (χ3v) is 5.57. The van der Waals surface area contributed by atoms with Crippen molar-refractivity contribution in [2.75, 3.05) is 44.7 Å². The highest BCUT2D eigenvalue weighted by Crippen LogP contribution is 2.32. The molecular formula is C18H23N5O4S. The molecule has 0 bridgehead atoms. The number of nitrogens with zero attached hydrogens (tertiary/aromatic N) is 3. The summed E-state index contributed by atoms with van der Waals surface area (Å²) in [6.45, 7) is 8.64. The van der Waals surface area contributed by atoms with Crippen molar-refractivity contribution < 1.29 is 18.0 Å². The van der Waals surface area contributed by atoms with Crippen LogP contribution in [0.5, 0.6) is 0 Å². The highest BCUT2D eigenvalue weighted by Gasteiger charge is 2.18. The van der Waals surface area contributed by atoms with E-state index in [2.05, 4.69) is 25.3 Å². The number of H-pyrrole nitrogens is 1. The van der Waals surface area contributed by atoms with E-state index in [9.17, 15) is 8.76 Å². The molecule has 4 rings (SSSR count). The van der Waals surface area contributed by atoms with Gasteiger partial charge < -0.3 is 24.1 Å². The number of hydrogen-bond donors (Lipinski definition) is 3. The lowest BCUT2D eigenvalue weighted by Gasteiger charge is -2.26. The molecule has 3 aromatic rings. The van der Waals surface area contributed by atoms with E-state index in [1.54, 1.807) is 6.07 Å². The number of aromatic amines is 1. The Morgan fingerprint density at radius 3 is 2.79 bits per heavy atom. The molecule has 1 saturated heterocycles. The Kier molecular flexibility index (Phi) is 5.44. The third-order valence-electron chi connectivity index (χ3n) is 4.89. The second-order valence-corrected chi connectivity index (χ2v) is 7.72. The molecule has 150 valence electrons. The molecule has 1 aromatic carbocycles. The summed E-state index contributed by atoms with van der Waals surface area (Å²) in [5.74, 6) is 1.24. The number of rotatable bonds is 6. The molecule has 1 aliphatic heterocycles. The maximum atomic E-state index is 11.9. The first kappa shape index (κ1) is 19.1. The Balaban J connectivity index is 1.60. The number of hydrogen-bond acceptors (Lipinski definition) is 7. The van der Waals surface area contributed by atoms with Gasteiger partial charge in [-0.15, -0.1) is 0 Å². The Morgan fingerprint density at radius 2 is 2.11 bits per heavy atom. The van der Waals surface area contributed by atoms with Gasteiger partial charge in [-0.3, -0.25) is 4.90 Å². The normalized spacial score (nSPS) is 16.5. The summed E-state index contributed by atoms with van der Waals surface area (Å²) in [5, 5.41) is 7.24. The van der Waals surface area contributed by atoms with Crippen molar-refractivity contribution in [3.05, 3.63) is 23.6 Å². The van der Waals surface area contributed by atoms with Crippen molar-refractivity contribution >= 4 is 28.1 Å². The van der Waals surface area contributed by atoms with Crippen LogP contribution in [0.1, 0.15) is 11.5 Å². The van der Waals surface area contributed by atoms with Gasteiger partial charge in [-0.2, -0.15) is 0 Å². The highest BCUT2D eigenvalue weighted by atomic mass is 32.2. The van der Waals surface area contributed by atoms with E-state index in [-0.39, 0.29) is 4.90 Å². The van der Waals surface area contributed by atoms with E-state index in [4.69, 9.17) is 9.26 Å². The van der Waals surface area contributed by atoms with Gasteiger partial charge >= 0.3 is 0 Å². The number of anilines is 1. The number of nitrogens with one attached hydrogen (secondary N) is 2. The molecule has 0 aliphatic carbocycles. The molecule has 3 heterocycles. The molecule has 0 spiro atoms. The van der Waals surface area contributed by atoms with Crippen molar-refractivity contribution in [3.63, 3.8) is 0 Å². The molecule has 0 amide bonds. The summed E-state index contributed by atoms with van der Waals surface area (Å²) in [7, 11) is 0. The predicted octanol–water partition coefficient (Wildman–Crippen LogP) is 2.16. The predicted molar refractivity (Wildman–Crippen MR) is 106 cm³/mol. The molecule has 1 atom stereocenters. The number of imidazole rings is 1. The van der Waals surface area contributed by atoms with Crippen molar-refractivity contribution in [1.82, 2.24) is 20.0 Å². The molecule has 0 radical (unpaired) electrons. The minimum atomic E-state index is -2.17. The number of benzene rings is 1. The lowest BCUT2D eigenvalue weighted by Crippen LogP contribution is -2.39. The standard InChI is InChI=1S/C18H23N5O4S/c1-11-16(12(2)27-22-11)13-9-14-17(15(10-13)28(24)25)21-18(20-14)19-3-4-23-5-7-26-8-6-23/h9-10H,3-8H2,1-2H3,(H,24,25)(H2,19,20,21). The van der Waals surface area contributed by atoms with Crippen molar-refractivity contribution in [3.8, 4) is 11.1 Å². The van der Waals surface area contributed by atoms with Gasteiger partial charge in [0, 0.05) is 31.7 Å². The van der Waals surface area contributed by atoms with Crippen LogP contribution in [0.4, 0.5) is 5.95 Å². The number of ether oxygens (including phenoxy) is 1. The van der Waals surface area contributed by atoms with Gasteiger partial charge in [0.05, 0.1) is 29.3 Å². The lowest BCUT2D eigenvalue weighted by atomic mass is 10.0. The fourth-order valence-corrected chi connectivity index (χ4v) is 4.05. The van der Waals surface area contributed by atoms with E-state index in [0.29, 0.717) is 29.3 Å². The second kappa shape index (κ2) is 8.00. The Labute approximate surface area is 164 Å². The van der Waals surface area contributed by atoms with Gasteiger partial charge in [-0.1, -0.05) is 5.16 Å². The van der Waals surface area contributed by atoms with Crippen LogP contribution in [0.15, 0.2) is 21.6 Å². The third kappa shape index (κ3) is 3.81. The fraction of sp³-hybridized carbons (Fsp3) is 0.444. The molecule has 0 saturated carbocycles. The van der Waals surface area contributed by atoms with E-state index < -0.39 is 11.1 Å². The molecule has 1 unspecified atom stereocenters. The largest absolute Gasteiger partial charge is 0.379 e. The number of aromatic nitrogens is 3. The monoisotopic (exact) mass is 405 g/mol. The Hall–Kier alpha value is -2.27. The van der Waals surface area contributed by atoms with Crippen molar-refractivity contribution in [2.45, 2.75) is 18.7 Å². The molecular weight excluding hydrogens is 382 g/mol. The van der Waals surface area contributed by atoms with Crippen LogP contribution in [0.25, 0.3) is 22.2 Å². The minimum Gasteiger partial charge on any atom is -0.379 e. The Bertz CT molecular complexity index is 989. The summed E-state index contributed by atoms with van der Waals surface area (Å²) in [4.78, 5) is 10.3. The first-order valence-corrected chi connectivity index (χ1v) is 10.3. The highest BCUT2D eigenvalue weighted by molar-refractivity contribution is 7.79. The first-order chi connectivity index (χ1) is 13.5. The zero-order chi connectivity index (χ0) is 19.7. The summed E-state index contributed by atoms with van der Waals surface area (Å²) >= 11 is -2.17. The number of morpholine rings is 1. The minimum absolute atomic E-state index is 0.255. The van der Waals surface area contributed by atoms with Crippen LogP contribution < -0.4 is 5.32 Å². The van der Waals surface area contributed by atoms with E-state index in [0.717, 1.165) is 49.7 Å². The maximum absolute atomic E-state index is 11.9. The van der Waals surface area contributed by atoms with Crippen LogP contribution in [0.3, 0.4) is 0 Å². The van der Waals surface area contributed by atoms with Gasteiger partial charge in [0.25, 0.3) is 0 Å². The topological polar surface area (TPSA) is 117 Å². The smallest absolute Gasteiger partial charge is 0.201 e. The van der Waals surface area contributed by atoms with Crippen molar-refractivity contribution in [1.29, 1.82) is 0 Å². The maximum Gasteiger partial charge on any atom is 0.201 e. The molecule has 1 fully saturated rings. The quantitative estimate of drug-likeness (QED) is 0.534. The van der Waals surface area contributed by atoms with Gasteiger partial charge in [0.1, 0.15) is 11.3 Å². The molecule has 1 aliphatic rings. The van der Waals surface area contributed by atoms with Crippen LogP contribution in [-0.2, 0) is 15.8 Å². The molecule has 2 aromatic heterocycles. The zero-order valence-corrected chi connectivity index (χ0v) is 16.6. The van der Waals surface area contributed by atoms with E-state index in [1.165, 1.54) is 0 Å². The van der Waals surface area contributed by atoms with Crippen LogP contribution in [0, 0.1) is 13.8 Å². The SMILES string of the molecule is Cc1noc(C)c1-c1cc(S(=O)O)c2nc(NCCN3CCOCC3)[nH]c2c1. The van der Waals surface area contributed by atoms with Gasteiger partial charge in [0.15, 0.2) is 11.1 Å². The first-order valence-electron chi connectivity index (χ1n) is 9.15. The summed E-state index contributed by atoms with van der Waals surface area (Å²) in [5.41, 5.74) is 3.48. The van der Waals surface area contributed by atoms with E-state index in [1.807, 2.05) is 19.9 Å². The molecule has 3 N–H and O–H groups in total. The van der Waals surface area contributed by atoms with Crippen molar-refractivity contribution in [2.24, 2.45) is 0 Å². The average molecular weight is 405 g/mol. The molecule has 28 heavy (non-hydrogen) atoms. The van der Waals surface area contributed by atoms with E-state index >= 15 is 0 Å². The van der Waals surface area contributed by atoms with Gasteiger partial charge in [-0.05, 0) is 31.5 Å². The summed E-state index contributed by atoms with van der Waals surface area (Å²) in [6.07, 6.45) is 0. The fourth-order valence-electron chi connectivity index (χ4n) is 3.50. The van der Waals surface area contributed by atoms with Crippen LogP contribution in [0.2, 0.25) is 0 Å². The van der Waals surface area contributed by atoms with Gasteiger partial charge in [-0.25, -0.2) is 9.19 Å². The lowest BCUT2D eigenvalue weighted by molar-refractivity contribution is 0.0398. The number of aryl methyl sites for hydroxylation is 2. The number of fused-ring (bicyclic) bond motifs is 1. The average Bonchev–Trinajstić information content (AvgIpc) is 3.24. The summed E-state index contributed by atoms with van der Waals surface area (Å²) < 4.78 is 32.3. The van der Waals surface area contributed by atoms with Crippen LogP contribution >= 0.6 is 0 Å². The second-order valence-electron chi connectivity index (χ2n) is 6.79. The summed E-state index contributed by atoms with van der Waals surface area (Å²) in [6, 6.07) is 3.57. The zero-order valence-electron chi connectivity index (χ0n) is 15.8.